The maximum Gasteiger partial charge on any atom is 0.352 e. The number of aromatic nitrogens is 4. The molecule has 0 atom stereocenters. The summed E-state index contributed by atoms with van der Waals surface area (Å²) in [5, 5.41) is 6.75. The van der Waals surface area contributed by atoms with Gasteiger partial charge in [-0.1, -0.05) is 18.2 Å². The van der Waals surface area contributed by atoms with Gasteiger partial charge in [0.2, 0.25) is 5.69 Å². The molecule has 2 aromatic heterocycles. The molecule has 0 aliphatic rings. The number of benzene rings is 2. The summed E-state index contributed by atoms with van der Waals surface area (Å²) in [5.74, 6) is -0.602. The van der Waals surface area contributed by atoms with Crippen LogP contribution in [0, 0.1) is 5.82 Å². The van der Waals surface area contributed by atoms with E-state index in [2.05, 4.69) is 15.4 Å². The van der Waals surface area contributed by atoms with Gasteiger partial charge in [0.05, 0.1) is 19.3 Å². The molecule has 0 unspecified atom stereocenters. The molecule has 0 saturated carbocycles. The summed E-state index contributed by atoms with van der Waals surface area (Å²) in [5.41, 5.74) is -0.402. The van der Waals surface area contributed by atoms with Crippen LogP contribution in [0.25, 0.3) is 5.69 Å². The summed E-state index contributed by atoms with van der Waals surface area (Å²) in [6, 6.07) is 17.3. The molecule has 178 valence electrons. The Kier molecular flexibility index (Phi) is 7.10. The van der Waals surface area contributed by atoms with Gasteiger partial charge in [-0.25, -0.2) is 9.18 Å². The quantitative estimate of drug-likeness (QED) is 0.417. The van der Waals surface area contributed by atoms with Gasteiger partial charge in [0.15, 0.2) is 0 Å². The predicted octanol–water partition coefficient (Wildman–Crippen LogP) is 1.96. The standard InChI is InChI=1S/C25H22FN5O4/c1-35-21-11-9-20(10-12-21)31-25(34)30(16-17-5-7-18(26)8-6-17)24(33)22(29-31)23(32)28-15-13-19-4-2-3-14-27-19/h2-12,14H,13,15-16H2,1H3,(H,28,32). The lowest BCUT2D eigenvalue weighted by molar-refractivity contribution is 0.0944. The highest BCUT2D eigenvalue weighted by atomic mass is 19.1. The van der Waals surface area contributed by atoms with Crippen molar-refractivity contribution >= 4 is 5.91 Å². The molecule has 4 rings (SSSR count). The second kappa shape index (κ2) is 10.6. The summed E-state index contributed by atoms with van der Waals surface area (Å²) < 4.78 is 20.4. The average Bonchev–Trinajstić information content (AvgIpc) is 2.88. The summed E-state index contributed by atoms with van der Waals surface area (Å²) in [6.07, 6.45) is 2.10. The fourth-order valence-electron chi connectivity index (χ4n) is 3.39. The van der Waals surface area contributed by atoms with E-state index in [9.17, 15) is 18.8 Å². The highest BCUT2D eigenvalue weighted by molar-refractivity contribution is 5.91. The highest BCUT2D eigenvalue weighted by Gasteiger charge is 2.20. The number of halogens is 1. The van der Waals surface area contributed by atoms with E-state index in [0.717, 1.165) is 14.9 Å². The van der Waals surface area contributed by atoms with E-state index in [0.29, 0.717) is 23.4 Å². The molecule has 0 radical (unpaired) electrons. The van der Waals surface area contributed by atoms with Gasteiger partial charge in [0.1, 0.15) is 11.6 Å². The predicted molar refractivity (Wildman–Crippen MR) is 126 cm³/mol. The van der Waals surface area contributed by atoms with Crippen molar-refractivity contribution in [1.29, 1.82) is 0 Å². The van der Waals surface area contributed by atoms with Gasteiger partial charge in [0, 0.05) is 24.9 Å². The molecule has 4 aromatic rings. The van der Waals surface area contributed by atoms with E-state index < -0.39 is 28.7 Å². The first kappa shape index (κ1) is 23.6. The number of methoxy groups -OCH3 is 1. The average molecular weight is 475 g/mol. The van der Waals surface area contributed by atoms with Gasteiger partial charge in [-0.05, 0) is 54.1 Å². The van der Waals surface area contributed by atoms with Gasteiger partial charge >= 0.3 is 5.69 Å². The molecular weight excluding hydrogens is 453 g/mol. The number of hydrogen-bond donors (Lipinski definition) is 1. The first-order chi connectivity index (χ1) is 17.0. The van der Waals surface area contributed by atoms with Crippen molar-refractivity contribution in [2.24, 2.45) is 0 Å². The maximum absolute atomic E-state index is 13.3. The number of carbonyl (C=O) groups excluding carboxylic acids is 1. The van der Waals surface area contributed by atoms with Crippen molar-refractivity contribution < 1.29 is 13.9 Å². The lowest BCUT2D eigenvalue weighted by Gasteiger charge is -2.13. The van der Waals surface area contributed by atoms with Gasteiger partial charge < -0.3 is 10.1 Å². The molecule has 1 N–H and O–H groups in total. The molecule has 0 aliphatic carbocycles. The van der Waals surface area contributed by atoms with Gasteiger partial charge in [-0.15, -0.1) is 0 Å². The van der Waals surface area contributed by atoms with E-state index in [1.54, 1.807) is 36.5 Å². The summed E-state index contributed by atoms with van der Waals surface area (Å²) in [7, 11) is 1.51. The van der Waals surface area contributed by atoms with Crippen LogP contribution in [0.1, 0.15) is 21.7 Å². The SMILES string of the molecule is COc1ccc(-n2nc(C(=O)NCCc3ccccn3)c(=O)n(Cc3ccc(F)cc3)c2=O)cc1. The van der Waals surface area contributed by atoms with Crippen molar-refractivity contribution in [1.82, 2.24) is 24.6 Å². The highest BCUT2D eigenvalue weighted by Crippen LogP contribution is 2.13. The minimum atomic E-state index is -0.848. The lowest BCUT2D eigenvalue weighted by atomic mass is 10.2. The molecule has 10 heteroatoms. The van der Waals surface area contributed by atoms with Crippen molar-refractivity contribution in [2.45, 2.75) is 13.0 Å². The van der Waals surface area contributed by atoms with Crippen molar-refractivity contribution in [3.63, 3.8) is 0 Å². The first-order valence-corrected chi connectivity index (χ1v) is 10.8. The zero-order valence-corrected chi connectivity index (χ0v) is 18.8. The third-order valence-electron chi connectivity index (χ3n) is 5.24. The Hall–Kier alpha value is -4.60. The summed E-state index contributed by atoms with van der Waals surface area (Å²) >= 11 is 0. The number of hydrogen-bond acceptors (Lipinski definition) is 6. The van der Waals surface area contributed by atoms with E-state index in [1.165, 1.54) is 31.4 Å². The largest absolute Gasteiger partial charge is 0.497 e. The topological polar surface area (TPSA) is 108 Å². The molecule has 0 fully saturated rings. The molecule has 0 spiro atoms. The zero-order chi connectivity index (χ0) is 24.8. The number of pyridine rings is 1. The number of amides is 1. The fraction of sp³-hybridized carbons (Fsp3) is 0.160. The number of nitrogens with zero attached hydrogens (tertiary/aromatic N) is 4. The normalized spacial score (nSPS) is 10.7. The Labute approximate surface area is 199 Å². The molecule has 2 heterocycles. The van der Waals surface area contributed by atoms with Gasteiger partial charge in [-0.3, -0.25) is 19.1 Å². The van der Waals surface area contributed by atoms with Crippen molar-refractivity contribution in [3.05, 3.63) is 117 Å². The minimum Gasteiger partial charge on any atom is -0.497 e. The van der Waals surface area contributed by atoms with E-state index >= 15 is 0 Å². The second-order valence-electron chi connectivity index (χ2n) is 7.59. The Balaban J connectivity index is 1.71. The molecule has 0 saturated heterocycles. The number of nitrogens with one attached hydrogen (secondary N) is 1. The zero-order valence-electron chi connectivity index (χ0n) is 18.8. The molecular formula is C25H22FN5O4. The number of rotatable bonds is 8. The molecule has 0 bridgehead atoms. The van der Waals surface area contributed by atoms with Crippen molar-refractivity contribution in [2.75, 3.05) is 13.7 Å². The van der Waals surface area contributed by atoms with Crippen LogP contribution in [-0.4, -0.2) is 38.9 Å². The third-order valence-corrected chi connectivity index (χ3v) is 5.24. The molecule has 35 heavy (non-hydrogen) atoms. The van der Waals surface area contributed by atoms with Crippen LogP contribution >= 0.6 is 0 Å². The number of ether oxygens (including phenoxy) is 1. The van der Waals surface area contributed by atoms with E-state index in [4.69, 9.17) is 4.74 Å². The van der Waals surface area contributed by atoms with Crippen LogP contribution in [0.3, 0.4) is 0 Å². The fourth-order valence-corrected chi connectivity index (χ4v) is 3.39. The molecule has 9 nitrogen and oxygen atoms in total. The van der Waals surface area contributed by atoms with Gasteiger partial charge in [0.25, 0.3) is 11.5 Å². The molecule has 1 amide bonds. The van der Waals surface area contributed by atoms with Crippen LogP contribution in [-0.2, 0) is 13.0 Å². The first-order valence-electron chi connectivity index (χ1n) is 10.8. The summed E-state index contributed by atoms with van der Waals surface area (Å²) in [4.78, 5) is 43.5. The Morgan fingerprint density at radius 3 is 2.43 bits per heavy atom. The Bertz CT molecular complexity index is 1430. The van der Waals surface area contributed by atoms with Crippen molar-refractivity contribution in [3.8, 4) is 11.4 Å². The smallest absolute Gasteiger partial charge is 0.352 e. The third kappa shape index (κ3) is 5.49. The number of carbonyl (C=O) groups is 1. The maximum atomic E-state index is 13.3. The van der Waals surface area contributed by atoms with Crippen LogP contribution < -0.4 is 21.3 Å². The Morgan fingerprint density at radius 1 is 1.03 bits per heavy atom. The molecule has 2 aromatic carbocycles. The lowest BCUT2D eigenvalue weighted by Crippen LogP contribution is -2.46. The van der Waals surface area contributed by atoms with Crippen LogP contribution in [0.4, 0.5) is 4.39 Å². The van der Waals surface area contributed by atoms with Crippen LogP contribution in [0.5, 0.6) is 5.75 Å². The van der Waals surface area contributed by atoms with E-state index in [1.807, 2.05) is 12.1 Å². The minimum absolute atomic E-state index is 0.162. The second-order valence-corrected chi connectivity index (χ2v) is 7.59. The van der Waals surface area contributed by atoms with Crippen LogP contribution in [0.2, 0.25) is 0 Å². The molecule has 0 aliphatic heterocycles. The van der Waals surface area contributed by atoms with Crippen LogP contribution in [0.15, 0.2) is 82.5 Å². The monoisotopic (exact) mass is 475 g/mol. The van der Waals surface area contributed by atoms with Gasteiger partial charge in [-0.2, -0.15) is 9.78 Å². The Morgan fingerprint density at radius 2 is 1.77 bits per heavy atom. The summed E-state index contributed by atoms with van der Waals surface area (Å²) in [6.45, 7) is 0.0570. The van der Waals surface area contributed by atoms with E-state index in [-0.39, 0.29) is 13.1 Å².